The van der Waals surface area contributed by atoms with Crippen molar-refractivity contribution < 1.29 is 4.39 Å². The van der Waals surface area contributed by atoms with Crippen LogP contribution in [0, 0.1) is 17.7 Å². The summed E-state index contributed by atoms with van der Waals surface area (Å²) in [6, 6.07) is 7.13. The van der Waals surface area contributed by atoms with Crippen LogP contribution in [0.15, 0.2) is 24.3 Å². The van der Waals surface area contributed by atoms with E-state index in [9.17, 15) is 4.39 Å². The molecule has 18 heavy (non-hydrogen) atoms. The van der Waals surface area contributed by atoms with E-state index in [1.165, 1.54) is 19.3 Å². The molecule has 1 fully saturated rings. The van der Waals surface area contributed by atoms with Crippen LogP contribution in [0.1, 0.15) is 38.7 Å². The van der Waals surface area contributed by atoms with Crippen molar-refractivity contribution >= 4 is 0 Å². The summed E-state index contributed by atoms with van der Waals surface area (Å²) in [5.41, 5.74) is 0.833. The number of piperidine rings is 1. The molecule has 0 saturated carbocycles. The summed E-state index contributed by atoms with van der Waals surface area (Å²) in [4.78, 5) is 2.38. The Morgan fingerprint density at radius 2 is 1.89 bits per heavy atom. The van der Waals surface area contributed by atoms with E-state index in [0.717, 1.165) is 37.0 Å². The summed E-state index contributed by atoms with van der Waals surface area (Å²) >= 11 is 0. The maximum Gasteiger partial charge on any atom is 0.127 e. The second kappa shape index (κ2) is 6.33. The first-order valence-electron chi connectivity index (χ1n) is 7.11. The summed E-state index contributed by atoms with van der Waals surface area (Å²) in [5, 5.41) is 0. The predicted octanol–water partition coefficient (Wildman–Crippen LogP) is 4.08. The molecule has 1 heterocycles. The van der Waals surface area contributed by atoms with Crippen LogP contribution >= 0.6 is 0 Å². The lowest BCUT2D eigenvalue weighted by atomic mass is 9.88. The number of halogens is 1. The van der Waals surface area contributed by atoms with Gasteiger partial charge in [-0.25, -0.2) is 4.39 Å². The predicted molar refractivity (Wildman–Crippen MR) is 73.9 cm³/mol. The molecule has 1 aromatic rings. The Labute approximate surface area is 110 Å². The van der Waals surface area contributed by atoms with Crippen LogP contribution in [0.25, 0.3) is 0 Å². The van der Waals surface area contributed by atoms with Gasteiger partial charge in [-0.15, -0.1) is 0 Å². The van der Waals surface area contributed by atoms with Crippen molar-refractivity contribution in [3.8, 4) is 0 Å². The average molecular weight is 249 g/mol. The highest BCUT2D eigenvalue weighted by Crippen LogP contribution is 2.25. The smallest absolute Gasteiger partial charge is 0.127 e. The molecule has 2 rings (SSSR count). The fourth-order valence-corrected chi connectivity index (χ4v) is 2.91. The van der Waals surface area contributed by atoms with Crippen LogP contribution in [0.4, 0.5) is 4.39 Å². The normalized spacial score (nSPS) is 18.4. The van der Waals surface area contributed by atoms with Gasteiger partial charge in [0.25, 0.3) is 0 Å². The molecule has 0 aliphatic carbocycles. The SMILES string of the molecule is CC(C)CC1CCN(Cc2ccccc2F)CC1. The van der Waals surface area contributed by atoms with E-state index < -0.39 is 0 Å². The van der Waals surface area contributed by atoms with E-state index in [1.807, 2.05) is 12.1 Å². The molecular weight excluding hydrogens is 225 g/mol. The minimum Gasteiger partial charge on any atom is -0.299 e. The van der Waals surface area contributed by atoms with Crippen LogP contribution in [0.5, 0.6) is 0 Å². The Hall–Kier alpha value is -0.890. The molecule has 0 atom stereocenters. The highest BCUT2D eigenvalue weighted by molar-refractivity contribution is 5.17. The minimum absolute atomic E-state index is 0.0678. The van der Waals surface area contributed by atoms with Gasteiger partial charge in [0.1, 0.15) is 5.82 Å². The summed E-state index contributed by atoms with van der Waals surface area (Å²) in [6.45, 7) is 7.59. The molecular formula is C16H24FN. The van der Waals surface area contributed by atoms with Gasteiger partial charge in [-0.05, 0) is 50.3 Å². The van der Waals surface area contributed by atoms with Crippen LogP contribution in [0.3, 0.4) is 0 Å². The molecule has 1 saturated heterocycles. The lowest BCUT2D eigenvalue weighted by molar-refractivity contribution is 0.163. The first-order chi connectivity index (χ1) is 8.65. The van der Waals surface area contributed by atoms with Gasteiger partial charge >= 0.3 is 0 Å². The van der Waals surface area contributed by atoms with Crippen molar-refractivity contribution in [3.63, 3.8) is 0 Å². The zero-order chi connectivity index (χ0) is 13.0. The summed E-state index contributed by atoms with van der Waals surface area (Å²) in [7, 11) is 0. The second-order valence-corrected chi connectivity index (χ2v) is 5.94. The number of hydrogen-bond acceptors (Lipinski definition) is 1. The Morgan fingerprint density at radius 3 is 2.50 bits per heavy atom. The quantitative estimate of drug-likeness (QED) is 0.777. The van der Waals surface area contributed by atoms with Gasteiger partial charge in [0, 0.05) is 12.1 Å². The number of hydrogen-bond donors (Lipinski definition) is 0. The van der Waals surface area contributed by atoms with Crippen molar-refractivity contribution in [3.05, 3.63) is 35.6 Å². The van der Waals surface area contributed by atoms with Crippen molar-refractivity contribution in [1.29, 1.82) is 0 Å². The third kappa shape index (κ3) is 3.81. The van der Waals surface area contributed by atoms with Gasteiger partial charge in [-0.2, -0.15) is 0 Å². The lowest BCUT2D eigenvalue weighted by Crippen LogP contribution is -2.33. The van der Waals surface area contributed by atoms with E-state index in [0.29, 0.717) is 0 Å². The Morgan fingerprint density at radius 1 is 1.22 bits per heavy atom. The molecule has 0 aromatic heterocycles. The van der Waals surface area contributed by atoms with Gasteiger partial charge in [-0.1, -0.05) is 32.0 Å². The number of nitrogens with zero attached hydrogens (tertiary/aromatic N) is 1. The minimum atomic E-state index is -0.0678. The molecule has 0 radical (unpaired) electrons. The van der Waals surface area contributed by atoms with Gasteiger partial charge < -0.3 is 0 Å². The van der Waals surface area contributed by atoms with E-state index in [1.54, 1.807) is 12.1 Å². The summed E-state index contributed by atoms with van der Waals surface area (Å²) < 4.78 is 13.6. The summed E-state index contributed by atoms with van der Waals surface area (Å²) in [5.74, 6) is 1.61. The second-order valence-electron chi connectivity index (χ2n) is 5.94. The molecule has 0 bridgehead atoms. The van der Waals surface area contributed by atoms with Gasteiger partial charge in [0.2, 0.25) is 0 Å². The molecule has 2 heteroatoms. The van der Waals surface area contributed by atoms with E-state index in [4.69, 9.17) is 0 Å². The third-order valence-corrected chi connectivity index (χ3v) is 3.86. The number of likely N-dealkylation sites (tertiary alicyclic amines) is 1. The topological polar surface area (TPSA) is 3.24 Å². The monoisotopic (exact) mass is 249 g/mol. The first kappa shape index (κ1) is 13.5. The van der Waals surface area contributed by atoms with E-state index in [-0.39, 0.29) is 5.82 Å². The first-order valence-corrected chi connectivity index (χ1v) is 7.11. The molecule has 0 unspecified atom stereocenters. The van der Waals surface area contributed by atoms with Crippen LogP contribution in [-0.2, 0) is 6.54 Å². The van der Waals surface area contributed by atoms with Gasteiger partial charge in [0.05, 0.1) is 0 Å². The molecule has 100 valence electrons. The zero-order valence-electron chi connectivity index (χ0n) is 11.5. The molecule has 1 aliphatic heterocycles. The molecule has 1 aromatic carbocycles. The highest BCUT2D eigenvalue weighted by atomic mass is 19.1. The molecule has 0 spiro atoms. The fraction of sp³-hybridized carbons (Fsp3) is 0.625. The van der Waals surface area contributed by atoms with Crippen molar-refractivity contribution in [1.82, 2.24) is 4.90 Å². The van der Waals surface area contributed by atoms with Gasteiger partial charge in [0.15, 0.2) is 0 Å². The number of rotatable bonds is 4. The maximum atomic E-state index is 13.6. The zero-order valence-corrected chi connectivity index (χ0v) is 11.5. The standard InChI is InChI=1S/C16H24FN/c1-13(2)11-14-7-9-18(10-8-14)12-15-5-3-4-6-16(15)17/h3-6,13-14H,7-12H2,1-2H3. The summed E-state index contributed by atoms with van der Waals surface area (Å²) in [6.07, 6.45) is 3.88. The molecule has 0 N–H and O–H groups in total. The molecule has 0 amide bonds. The largest absolute Gasteiger partial charge is 0.299 e. The fourth-order valence-electron chi connectivity index (χ4n) is 2.91. The Kier molecular flexibility index (Phi) is 4.76. The van der Waals surface area contributed by atoms with Crippen LogP contribution in [0.2, 0.25) is 0 Å². The third-order valence-electron chi connectivity index (χ3n) is 3.86. The van der Waals surface area contributed by atoms with Crippen molar-refractivity contribution in [2.45, 2.75) is 39.7 Å². The average Bonchev–Trinajstić information content (AvgIpc) is 2.34. The Bertz CT molecular complexity index is 367. The number of benzene rings is 1. The van der Waals surface area contributed by atoms with Crippen molar-refractivity contribution in [2.24, 2.45) is 11.8 Å². The van der Waals surface area contributed by atoms with E-state index in [2.05, 4.69) is 18.7 Å². The Balaban J connectivity index is 1.82. The maximum absolute atomic E-state index is 13.6. The molecule has 1 aliphatic rings. The van der Waals surface area contributed by atoms with Crippen molar-refractivity contribution in [2.75, 3.05) is 13.1 Å². The highest BCUT2D eigenvalue weighted by Gasteiger charge is 2.20. The van der Waals surface area contributed by atoms with Crippen LogP contribution in [-0.4, -0.2) is 18.0 Å². The lowest BCUT2D eigenvalue weighted by Gasteiger charge is -2.32. The van der Waals surface area contributed by atoms with Gasteiger partial charge in [-0.3, -0.25) is 4.90 Å². The van der Waals surface area contributed by atoms with E-state index >= 15 is 0 Å². The molecule has 1 nitrogen and oxygen atoms in total. The van der Waals surface area contributed by atoms with Crippen LogP contribution < -0.4 is 0 Å².